The number of carbonyl (C=O) groups is 2. The highest BCUT2D eigenvalue weighted by molar-refractivity contribution is 5.77. The minimum atomic E-state index is 0.0555. The first-order valence-corrected chi connectivity index (χ1v) is 21.5. The topological polar surface area (TPSA) is 128 Å². The third kappa shape index (κ3) is 10.3. The fourth-order valence-electron chi connectivity index (χ4n) is 8.26. The first-order valence-electron chi connectivity index (χ1n) is 21.5. The molecule has 312 valence electrons. The summed E-state index contributed by atoms with van der Waals surface area (Å²) in [6.45, 7) is 32.9. The van der Waals surface area contributed by atoms with Gasteiger partial charge in [0.1, 0.15) is 0 Å². The van der Waals surface area contributed by atoms with Crippen molar-refractivity contribution in [3.8, 4) is 0 Å². The number of fused-ring (bicyclic) bond motifs is 8. The quantitative estimate of drug-likeness (QED) is 0.0640. The molecule has 0 radical (unpaired) electrons. The Morgan fingerprint density at radius 1 is 0.552 bits per heavy atom. The van der Waals surface area contributed by atoms with Crippen LogP contribution in [0.4, 0.5) is 0 Å². The Kier molecular flexibility index (Phi) is 15.6. The van der Waals surface area contributed by atoms with E-state index in [1.54, 1.807) is 0 Å². The molecule has 5 rings (SSSR count). The van der Waals surface area contributed by atoms with Crippen LogP contribution in [-0.2, 0) is 22.4 Å². The van der Waals surface area contributed by atoms with Crippen LogP contribution in [0, 0.1) is 27.7 Å². The zero-order valence-electron chi connectivity index (χ0n) is 36.5. The lowest BCUT2D eigenvalue weighted by molar-refractivity contribution is -0.121. The maximum atomic E-state index is 13.2. The highest BCUT2D eigenvalue weighted by atomic mass is 16.2. The van der Waals surface area contributed by atoms with Crippen LogP contribution in [0.15, 0.2) is 13.2 Å². The van der Waals surface area contributed by atoms with Gasteiger partial charge < -0.3 is 40.4 Å². The van der Waals surface area contributed by atoms with E-state index in [1.165, 1.54) is 0 Å². The second-order valence-corrected chi connectivity index (χ2v) is 15.5. The fraction of sp³-hybridized carbons (Fsp3) is 0.458. The van der Waals surface area contributed by atoms with Gasteiger partial charge in [-0.25, -0.2) is 0 Å². The molecular weight excluding hydrogens is 721 g/mol. The second-order valence-electron chi connectivity index (χ2n) is 15.5. The van der Waals surface area contributed by atoms with E-state index in [1.807, 2.05) is 12.2 Å². The predicted molar refractivity (Wildman–Crippen MR) is 243 cm³/mol. The van der Waals surface area contributed by atoms with Crippen molar-refractivity contribution in [2.75, 3.05) is 52.4 Å². The zero-order valence-corrected chi connectivity index (χ0v) is 36.5. The Hall–Kier alpha value is -5.06. The van der Waals surface area contributed by atoms with Gasteiger partial charge in [-0.15, -0.1) is 0 Å². The van der Waals surface area contributed by atoms with E-state index in [9.17, 15) is 9.59 Å². The van der Waals surface area contributed by atoms with E-state index < -0.39 is 0 Å². The number of H-pyrrole nitrogens is 4. The van der Waals surface area contributed by atoms with E-state index in [-0.39, 0.29) is 11.8 Å². The fourth-order valence-corrected chi connectivity index (χ4v) is 8.26. The number of aromatic nitrogens is 4. The summed E-state index contributed by atoms with van der Waals surface area (Å²) in [6, 6.07) is 0. The molecule has 0 saturated heterocycles. The molecule has 0 unspecified atom stereocenters. The Morgan fingerprint density at radius 2 is 1.02 bits per heavy atom. The molecule has 10 nitrogen and oxygen atoms in total. The standard InChI is InChI=1S/C48H68N8O2/c1-11-35-31(7)39-27-40-33(9)37(19-21-47(57)49-23-17-25-55(13-3)14-4)45(53-40)30-46-38(20-22-48(58)50-24-18-26-56(15-5)16-6)34(10)42(54-46)29-44-36(12-2)32(8)41(52-44)28-43(35)51-39/h11-12,27-30,51-54H,1-2,13-26H2,3-10H3,(H,49,57)(H,50,58). The molecule has 0 fully saturated rings. The van der Waals surface area contributed by atoms with Crippen molar-refractivity contribution in [1.82, 2.24) is 40.4 Å². The molecule has 5 heterocycles. The number of nitrogens with zero attached hydrogens (tertiary/aromatic N) is 2. The van der Waals surface area contributed by atoms with E-state index in [0.717, 1.165) is 141 Å². The number of nitrogens with one attached hydrogen (secondary N) is 6. The molecule has 8 bridgehead atoms. The lowest BCUT2D eigenvalue weighted by Gasteiger charge is -2.17. The second kappa shape index (κ2) is 20.6. The van der Waals surface area contributed by atoms with Gasteiger partial charge in [0.25, 0.3) is 0 Å². The molecule has 4 aromatic heterocycles. The average Bonchev–Trinajstić information content (AvgIpc) is 3.88. The van der Waals surface area contributed by atoms with E-state index in [0.29, 0.717) is 38.8 Å². The number of carbonyl (C=O) groups excluding carboxylic acids is 2. The predicted octanol–water partition coefficient (Wildman–Crippen LogP) is 4.71. The Bertz CT molecular complexity index is 2340. The van der Waals surface area contributed by atoms with Crippen molar-refractivity contribution in [3.05, 3.63) is 102 Å². The Balaban J connectivity index is 1.59. The van der Waals surface area contributed by atoms with Crippen molar-refractivity contribution in [3.63, 3.8) is 0 Å². The maximum Gasteiger partial charge on any atom is 0.220 e. The molecule has 1 aliphatic rings. The molecule has 0 spiro atoms. The normalized spacial score (nSPS) is 12.2. The summed E-state index contributed by atoms with van der Waals surface area (Å²) in [7, 11) is 0. The van der Waals surface area contributed by atoms with Crippen LogP contribution in [0.25, 0.3) is 36.5 Å². The van der Waals surface area contributed by atoms with E-state index in [2.05, 4.69) is 133 Å². The molecular formula is C48H68N8O2. The van der Waals surface area contributed by atoms with Crippen molar-refractivity contribution in [2.24, 2.45) is 0 Å². The van der Waals surface area contributed by atoms with Crippen LogP contribution >= 0.6 is 0 Å². The van der Waals surface area contributed by atoms with Crippen molar-refractivity contribution in [2.45, 2.75) is 93.9 Å². The molecule has 0 aromatic carbocycles. The number of aromatic amines is 4. The number of hydrogen-bond donors (Lipinski definition) is 6. The van der Waals surface area contributed by atoms with Gasteiger partial charge in [0, 0.05) is 81.2 Å². The van der Waals surface area contributed by atoms with Crippen molar-refractivity contribution in [1.29, 1.82) is 0 Å². The molecule has 0 aliphatic carbocycles. The average molecular weight is 789 g/mol. The largest absolute Gasteiger partial charge is 0.356 e. The SMILES string of the molecule is C=Cc1c2[nH]c(c1C)C=c1[nH]c(c(CCC(=O)NCCCN(CC)CC)c1C)=Cc1[nH]c(c(C)c1CCC(=O)NCCCN(CC)CC)C=c1[nH]c(c(C)c1C=C)=C2. The molecule has 6 N–H and O–H groups in total. The van der Waals surface area contributed by atoms with Crippen LogP contribution in [0.3, 0.4) is 0 Å². The number of amides is 2. The van der Waals surface area contributed by atoms with Gasteiger partial charge in [0.05, 0.1) is 0 Å². The first kappa shape index (κ1) is 44.1. The summed E-state index contributed by atoms with van der Waals surface area (Å²) < 4.78 is 0. The lowest BCUT2D eigenvalue weighted by atomic mass is 10.0. The maximum absolute atomic E-state index is 13.2. The third-order valence-corrected chi connectivity index (χ3v) is 12.1. The molecule has 10 heteroatoms. The molecule has 4 aromatic rings. The smallest absolute Gasteiger partial charge is 0.220 e. The van der Waals surface area contributed by atoms with Crippen molar-refractivity contribution >= 4 is 48.3 Å². The number of rotatable bonds is 20. The van der Waals surface area contributed by atoms with E-state index in [4.69, 9.17) is 0 Å². The van der Waals surface area contributed by atoms with Gasteiger partial charge in [-0.1, -0.05) is 53.0 Å². The monoisotopic (exact) mass is 789 g/mol. The van der Waals surface area contributed by atoms with Gasteiger partial charge >= 0.3 is 0 Å². The third-order valence-electron chi connectivity index (χ3n) is 12.1. The van der Waals surface area contributed by atoms with Gasteiger partial charge in [-0.2, -0.15) is 0 Å². The van der Waals surface area contributed by atoms with Crippen LogP contribution in [0.2, 0.25) is 0 Å². The summed E-state index contributed by atoms with van der Waals surface area (Å²) >= 11 is 0. The molecule has 58 heavy (non-hydrogen) atoms. The summed E-state index contributed by atoms with van der Waals surface area (Å²) in [5.74, 6) is 0.112. The lowest BCUT2D eigenvalue weighted by Crippen LogP contribution is -2.30. The molecule has 2 amide bonds. The van der Waals surface area contributed by atoms with Crippen LogP contribution in [-0.4, -0.2) is 93.9 Å². The van der Waals surface area contributed by atoms with Crippen LogP contribution < -0.4 is 32.0 Å². The summed E-state index contributed by atoms with van der Waals surface area (Å²) in [5.41, 5.74) is 12.6. The summed E-state index contributed by atoms with van der Waals surface area (Å²) in [5, 5.41) is 10.2. The molecule has 0 saturated carbocycles. The van der Waals surface area contributed by atoms with Gasteiger partial charge in [-0.3, -0.25) is 9.59 Å². The summed E-state index contributed by atoms with van der Waals surface area (Å²) in [4.78, 5) is 46.0. The minimum absolute atomic E-state index is 0.0555. The van der Waals surface area contributed by atoms with Gasteiger partial charge in [0.2, 0.25) is 11.8 Å². The zero-order chi connectivity index (χ0) is 41.9. The minimum Gasteiger partial charge on any atom is -0.356 e. The molecule has 0 atom stereocenters. The first-order chi connectivity index (χ1) is 28.0. The van der Waals surface area contributed by atoms with Crippen molar-refractivity contribution < 1.29 is 9.59 Å². The highest BCUT2D eigenvalue weighted by Gasteiger charge is 2.18. The highest BCUT2D eigenvalue weighted by Crippen LogP contribution is 2.24. The van der Waals surface area contributed by atoms with E-state index >= 15 is 0 Å². The van der Waals surface area contributed by atoms with Crippen LogP contribution in [0.5, 0.6) is 0 Å². The molecule has 1 aliphatic heterocycles. The Morgan fingerprint density at radius 3 is 1.59 bits per heavy atom. The van der Waals surface area contributed by atoms with Gasteiger partial charge in [-0.05, 0) is 150 Å². The number of hydrogen-bond acceptors (Lipinski definition) is 4. The Labute approximate surface area is 345 Å². The summed E-state index contributed by atoms with van der Waals surface area (Å²) in [6.07, 6.45) is 16.2. The van der Waals surface area contributed by atoms with Gasteiger partial charge in [0.15, 0.2) is 0 Å². The van der Waals surface area contributed by atoms with Crippen LogP contribution in [0.1, 0.15) is 121 Å².